The SMILES string of the molecule is CCC(NCCCC1CC1)C(=O)O. The summed E-state index contributed by atoms with van der Waals surface area (Å²) >= 11 is 0. The van der Waals surface area contributed by atoms with Gasteiger partial charge in [-0.1, -0.05) is 19.8 Å². The van der Waals surface area contributed by atoms with Crippen molar-refractivity contribution in [3.63, 3.8) is 0 Å². The topological polar surface area (TPSA) is 49.3 Å². The van der Waals surface area contributed by atoms with Gasteiger partial charge in [-0.05, 0) is 31.7 Å². The zero-order chi connectivity index (χ0) is 9.68. The third kappa shape index (κ3) is 4.27. The van der Waals surface area contributed by atoms with Crippen LogP contribution in [-0.4, -0.2) is 23.7 Å². The minimum absolute atomic E-state index is 0.348. The number of nitrogens with one attached hydrogen (secondary N) is 1. The number of carbonyl (C=O) groups is 1. The summed E-state index contributed by atoms with van der Waals surface area (Å²) in [5.41, 5.74) is 0. The molecule has 1 atom stereocenters. The summed E-state index contributed by atoms with van der Waals surface area (Å²) in [7, 11) is 0. The van der Waals surface area contributed by atoms with Crippen molar-refractivity contribution in [3.05, 3.63) is 0 Å². The van der Waals surface area contributed by atoms with E-state index in [0.29, 0.717) is 6.42 Å². The Morgan fingerprint density at radius 2 is 2.31 bits per heavy atom. The maximum atomic E-state index is 10.6. The molecule has 3 heteroatoms. The molecule has 1 unspecified atom stereocenters. The molecule has 0 radical (unpaired) electrons. The minimum atomic E-state index is -0.728. The predicted molar refractivity (Wildman–Crippen MR) is 51.7 cm³/mol. The molecule has 2 N–H and O–H groups in total. The van der Waals surface area contributed by atoms with Crippen LogP contribution in [0.5, 0.6) is 0 Å². The summed E-state index contributed by atoms with van der Waals surface area (Å²) in [6, 6.07) is -0.348. The third-order valence-corrected chi connectivity index (χ3v) is 2.58. The van der Waals surface area contributed by atoms with E-state index in [2.05, 4.69) is 5.32 Å². The summed E-state index contributed by atoms with van der Waals surface area (Å²) in [6.45, 7) is 2.74. The van der Waals surface area contributed by atoms with Crippen LogP contribution in [0, 0.1) is 5.92 Å². The minimum Gasteiger partial charge on any atom is -0.480 e. The van der Waals surface area contributed by atoms with Gasteiger partial charge in [0.2, 0.25) is 0 Å². The van der Waals surface area contributed by atoms with Gasteiger partial charge in [0.15, 0.2) is 0 Å². The first-order valence-electron chi connectivity index (χ1n) is 5.20. The van der Waals surface area contributed by atoms with E-state index >= 15 is 0 Å². The van der Waals surface area contributed by atoms with Gasteiger partial charge >= 0.3 is 5.97 Å². The molecule has 1 aliphatic rings. The van der Waals surface area contributed by atoms with Crippen LogP contribution in [0.1, 0.15) is 39.0 Å². The summed E-state index contributed by atoms with van der Waals surface area (Å²) < 4.78 is 0. The number of carboxylic acid groups (broad SMARTS) is 1. The molecule has 3 nitrogen and oxygen atoms in total. The fourth-order valence-electron chi connectivity index (χ4n) is 1.48. The zero-order valence-corrected chi connectivity index (χ0v) is 8.25. The highest BCUT2D eigenvalue weighted by Gasteiger charge is 2.20. The Morgan fingerprint density at radius 3 is 2.77 bits per heavy atom. The first-order valence-corrected chi connectivity index (χ1v) is 5.20. The van der Waals surface area contributed by atoms with Crippen LogP contribution in [-0.2, 0) is 4.79 Å². The van der Waals surface area contributed by atoms with Crippen molar-refractivity contribution in [1.82, 2.24) is 5.32 Å². The van der Waals surface area contributed by atoms with Crippen molar-refractivity contribution < 1.29 is 9.90 Å². The molecular formula is C10H19NO2. The Balaban J connectivity index is 1.98. The number of hydrogen-bond donors (Lipinski definition) is 2. The predicted octanol–water partition coefficient (Wildman–Crippen LogP) is 1.63. The molecule has 1 saturated carbocycles. The molecule has 0 aromatic rings. The average molecular weight is 185 g/mol. The van der Waals surface area contributed by atoms with Gasteiger partial charge in [0.05, 0.1) is 0 Å². The van der Waals surface area contributed by atoms with E-state index in [-0.39, 0.29) is 6.04 Å². The van der Waals surface area contributed by atoms with Gasteiger partial charge in [-0.3, -0.25) is 4.79 Å². The van der Waals surface area contributed by atoms with E-state index in [9.17, 15) is 4.79 Å². The lowest BCUT2D eigenvalue weighted by molar-refractivity contribution is -0.139. The highest BCUT2D eigenvalue weighted by atomic mass is 16.4. The Labute approximate surface area is 79.5 Å². The molecule has 0 aromatic heterocycles. The van der Waals surface area contributed by atoms with Crippen molar-refractivity contribution in [1.29, 1.82) is 0 Å². The number of aliphatic carboxylic acids is 1. The average Bonchev–Trinajstić information content (AvgIpc) is 2.87. The summed E-state index contributed by atoms with van der Waals surface area (Å²) in [6.07, 6.45) is 5.82. The highest BCUT2D eigenvalue weighted by Crippen LogP contribution is 2.33. The number of hydrogen-bond acceptors (Lipinski definition) is 2. The lowest BCUT2D eigenvalue weighted by atomic mass is 10.2. The van der Waals surface area contributed by atoms with Crippen molar-refractivity contribution >= 4 is 5.97 Å². The Hall–Kier alpha value is -0.570. The van der Waals surface area contributed by atoms with Crippen molar-refractivity contribution in [2.75, 3.05) is 6.54 Å². The third-order valence-electron chi connectivity index (χ3n) is 2.58. The maximum absolute atomic E-state index is 10.6. The van der Waals surface area contributed by atoms with E-state index in [1.807, 2.05) is 6.92 Å². The molecule has 0 amide bonds. The Morgan fingerprint density at radius 1 is 1.62 bits per heavy atom. The standard InChI is InChI=1S/C10H19NO2/c1-2-9(10(12)13)11-7-3-4-8-5-6-8/h8-9,11H,2-7H2,1H3,(H,12,13). The zero-order valence-electron chi connectivity index (χ0n) is 8.25. The Kier molecular flexibility index (Phi) is 4.22. The maximum Gasteiger partial charge on any atom is 0.320 e. The molecule has 0 aliphatic heterocycles. The number of carboxylic acids is 1. The molecule has 1 rings (SSSR count). The van der Waals surface area contributed by atoms with Crippen LogP contribution >= 0.6 is 0 Å². The van der Waals surface area contributed by atoms with Crippen LogP contribution in [0.3, 0.4) is 0 Å². The van der Waals surface area contributed by atoms with E-state index < -0.39 is 5.97 Å². The largest absolute Gasteiger partial charge is 0.480 e. The molecule has 0 saturated heterocycles. The second-order valence-corrected chi connectivity index (χ2v) is 3.84. The van der Waals surface area contributed by atoms with Crippen molar-refractivity contribution in [2.24, 2.45) is 5.92 Å². The first kappa shape index (κ1) is 10.5. The second-order valence-electron chi connectivity index (χ2n) is 3.84. The lowest BCUT2D eigenvalue weighted by Gasteiger charge is -2.11. The molecular weight excluding hydrogens is 166 g/mol. The molecule has 1 aliphatic carbocycles. The smallest absolute Gasteiger partial charge is 0.320 e. The fraction of sp³-hybridized carbons (Fsp3) is 0.900. The van der Waals surface area contributed by atoms with Crippen LogP contribution in [0.2, 0.25) is 0 Å². The van der Waals surface area contributed by atoms with Crippen LogP contribution < -0.4 is 5.32 Å². The second kappa shape index (κ2) is 5.22. The molecule has 0 aromatic carbocycles. The first-order chi connectivity index (χ1) is 6.24. The van der Waals surface area contributed by atoms with Gasteiger partial charge in [0, 0.05) is 0 Å². The normalized spacial score (nSPS) is 18.5. The lowest BCUT2D eigenvalue weighted by Crippen LogP contribution is -2.36. The van der Waals surface area contributed by atoms with Gasteiger partial charge < -0.3 is 10.4 Å². The van der Waals surface area contributed by atoms with Crippen molar-refractivity contribution in [3.8, 4) is 0 Å². The van der Waals surface area contributed by atoms with E-state index in [4.69, 9.17) is 5.11 Å². The molecule has 13 heavy (non-hydrogen) atoms. The quantitative estimate of drug-likeness (QED) is 0.593. The van der Waals surface area contributed by atoms with Crippen molar-refractivity contribution in [2.45, 2.75) is 45.1 Å². The van der Waals surface area contributed by atoms with Gasteiger partial charge in [-0.15, -0.1) is 0 Å². The molecule has 76 valence electrons. The van der Waals surface area contributed by atoms with E-state index in [1.54, 1.807) is 0 Å². The van der Waals surface area contributed by atoms with Gasteiger partial charge in [0.1, 0.15) is 6.04 Å². The van der Waals surface area contributed by atoms with Gasteiger partial charge in [-0.25, -0.2) is 0 Å². The van der Waals surface area contributed by atoms with Crippen LogP contribution in [0.25, 0.3) is 0 Å². The molecule has 0 heterocycles. The molecule has 0 spiro atoms. The van der Waals surface area contributed by atoms with Crippen LogP contribution in [0.15, 0.2) is 0 Å². The van der Waals surface area contributed by atoms with E-state index in [1.165, 1.54) is 19.3 Å². The number of rotatable bonds is 7. The van der Waals surface area contributed by atoms with Gasteiger partial charge in [0.25, 0.3) is 0 Å². The Bertz CT molecular complexity index is 166. The fourth-order valence-corrected chi connectivity index (χ4v) is 1.48. The monoisotopic (exact) mass is 185 g/mol. The molecule has 1 fully saturated rings. The molecule has 0 bridgehead atoms. The van der Waals surface area contributed by atoms with E-state index in [0.717, 1.165) is 18.9 Å². The van der Waals surface area contributed by atoms with Gasteiger partial charge in [-0.2, -0.15) is 0 Å². The summed E-state index contributed by atoms with van der Waals surface area (Å²) in [4.78, 5) is 10.6. The highest BCUT2D eigenvalue weighted by molar-refractivity contribution is 5.73. The van der Waals surface area contributed by atoms with Crippen LogP contribution in [0.4, 0.5) is 0 Å². The summed E-state index contributed by atoms with van der Waals surface area (Å²) in [5.74, 6) is 0.223. The summed E-state index contributed by atoms with van der Waals surface area (Å²) in [5, 5.41) is 11.8.